The van der Waals surface area contributed by atoms with Crippen molar-refractivity contribution in [2.75, 3.05) is 13.7 Å². The molecule has 0 aliphatic heterocycles. The van der Waals surface area contributed by atoms with Gasteiger partial charge in [-0.05, 0) is 12.0 Å². The fourth-order valence-corrected chi connectivity index (χ4v) is 1.64. The van der Waals surface area contributed by atoms with Gasteiger partial charge in [-0.1, -0.05) is 37.3 Å². The van der Waals surface area contributed by atoms with Crippen molar-refractivity contribution in [2.45, 2.75) is 19.8 Å². The third kappa shape index (κ3) is 4.57. The molecule has 0 spiro atoms. The molecule has 1 unspecified atom stereocenters. The molecule has 0 radical (unpaired) electrons. The van der Waals surface area contributed by atoms with Gasteiger partial charge in [0.15, 0.2) is 0 Å². The smallest absolute Gasteiger partial charge is 0.310 e. The maximum Gasteiger partial charge on any atom is 0.310 e. The number of ether oxygens (including phenoxy) is 1. The van der Waals surface area contributed by atoms with Gasteiger partial charge in [0.05, 0.1) is 19.4 Å². The maximum absolute atomic E-state index is 11.7. The molecule has 1 atom stereocenters. The molecule has 0 saturated heterocycles. The first-order valence-electron chi connectivity index (χ1n) is 6.05. The van der Waals surface area contributed by atoms with Crippen molar-refractivity contribution >= 4 is 11.9 Å². The molecule has 0 saturated carbocycles. The van der Waals surface area contributed by atoms with Gasteiger partial charge < -0.3 is 10.1 Å². The quantitative estimate of drug-likeness (QED) is 0.778. The van der Waals surface area contributed by atoms with Crippen LogP contribution in [-0.2, 0) is 20.7 Å². The molecule has 0 aromatic heterocycles. The highest BCUT2D eigenvalue weighted by molar-refractivity contribution is 5.79. The number of esters is 1. The van der Waals surface area contributed by atoms with E-state index in [4.69, 9.17) is 0 Å². The number of hydrogen-bond acceptors (Lipinski definition) is 3. The van der Waals surface area contributed by atoms with Crippen LogP contribution in [0.1, 0.15) is 18.9 Å². The van der Waals surface area contributed by atoms with Crippen LogP contribution in [0.3, 0.4) is 0 Å². The van der Waals surface area contributed by atoms with Gasteiger partial charge in [-0.25, -0.2) is 0 Å². The lowest BCUT2D eigenvalue weighted by molar-refractivity contribution is -0.145. The van der Waals surface area contributed by atoms with Crippen LogP contribution in [0.25, 0.3) is 0 Å². The van der Waals surface area contributed by atoms with Crippen molar-refractivity contribution in [2.24, 2.45) is 5.92 Å². The Balaban J connectivity index is 2.39. The Bertz CT molecular complexity index is 389. The fraction of sp³-hybridized carbons (Fsp3) is 0.429. The van der Waals surface area contributed by atoms with Crippen molar-refractivity contribution in [3.63, 3.8) is 0 Å². The number of methoxy groups -OCH3 is 1. The van der Waals surface area contributed by atoms with Gasteiger partial charge in [-0.2, -0.15) is 0 Å². The zero-order valence-electron chi connectivity index (χ0n) is 10.8. The van der Waals surface area contributed by atoms with Gasteiger partial charge >= 0.3 is 5.97 Å². The molecule has 0 aliphatic carbocycles. The Labute approximate surface area is 107 Å². The number of benzene rings is 1. The van der Waals surface area contributed by atoms with E-state index in [1.54, 1.807) is 0 Å². The molecule has 1 aromatic rings. The first-order valence-corrected chi connectivity index (χ1v) is 6.05. The number of carbonyl (C=O) groups excluding carboxylic acids is 2. The fourth-order valence-electron chi connectivity index (χ4n) is 1.64. The third-order valence-corrected chi connectivity index (χ3v) is 2.78. The number of carbonyl (C=O) groups is 2. The molecule has 98 valence electrons. The predicted molar refractivity (Wildman–Crippen MR) is 69.0 cm³/mol. The molecule has 1 N–H and O–H groups in total. The standard InChI is InChI=1S/C14H19NO3/c1-3-12(14(17)18-2)10-15-13(16)9-11-7-5-4-6-8-11/h4-8,12H,3,9-10H2,1-2H3,(H,15,16). The minimum absolute atomic E-state index is 0.0800. The van der Waals surface area contributed by atoms with E-state index in [0.717, 1.165) is 5.56 Å². The van der Waals surface area contributed by atoms with Crippen molar-refractivity contribution in [1.82, 2.24) is 5.32 Å². The van der Waals surface area contributed by atoms with Crippen LogP contribution in [0.15, 0.2) is 30.3 Å². The second kappa shape index (κ2) is 7.48. The molecule has 1 aromatic carbocycles. The summed E-state index contributed by atoms with van der Waals surface area (Å²) >= 11 is 0. The normalized spacial score (nSPS) is 11.7. The number of nitrogens with one attached hydrogen (secondary N) is 1. The van der Waals surface area contributed by atoms with E-state index in [1.807, 2.05) is 37.3 Å². The van der Waals surface area contributed by atoms with Crippen LogP contribution in [0.5, 0.6) is 0 Å². The summed E-state index contributed by atoms with van der Waals surface area (Å²) in [6, 6.07) is 9.50. The summed E-state index contributed by atoms with van der Waals surface area (Å²) in [6.45, 7) is 2.22. The molecular formula is C14H19NO3. The lowest BCUT2D eigenvalue weighted by Gasteiger charge is -2.13. The van der Waals surface area contributed by atoms with E-state index in [1.165, 1.54) is 7.11 Å². The third-order valence-electron chi connectivity index (χ3n) is 2.78. The summed E-state index contributed by atoms with van der Waals surface area (Å²) in [7, 11) is 1.36. The van der Waals surface area contributed by atoms with Gasteiger partial charge in [0.25, 0.3) is 0 Å². The molecule has 1 amide bonds. The Morgan fingerprint density at radius 1 is 1.28 bits per heavy atom. The zero-order chi connectivity index (χ0) is 13.4. The lowest BCUT2D eigenvalue weighted by atomic mass is 10.1. The first-order chi connectivity index (χ1) is 8.67. The summed E-state index contributed by atoms with van der Waals surface area (Å²) in [5.41, 5.74) is 0.959. The molecular weight excluding hydrogens is 230 g/mol. The van der Waals surface area contributed by atoms with E-state index < -0.39 is 0 Å². The van der Waals surface area contributed by atoms with Gasteiger partial charge in [0.2, 0.25) is 5.91 Å². The summed E-state index contributed by atoms with van der Waals surface area (Å²) in [5, 5.41) is 2.76. The largest absolute Gasteiger partial charge is 0.469 e. The highest BCUT2D eigenvalue weighted by Gasteiger charge is 2.17. The number of rotatable bonds is 6. The van der Waals surface area contributed by atoms with Crippen LogP contribution in [-0.4, -0.2) is 25.5 Å². The van der Waals surface area contributed by atoms with E-state index in [0.29, 0.717) is 19.4 Å². The Morgan fingerprint density at radius 2 is 1.94 bits per heavy atom. The summed E-state index contributed by atoms with van der Waals surface area (Å²) in [5.74, 6) is -0.629. The van der Waals surface area contributed by atoms with Crippen LogP contribution in [0.2, 0.25) is 0 Å². The number of hydrogen-bond donors (Lipinski definition) is 1. The monoisotopic (exact) mass is 249 g/mol. The predicted octanol–water partition coefficient (Wildman–Crippen LogP) is 1.54. The maximum atomic E-state index is 11.7. The molecule has 18 heavy (non-hydrogen) atoms. The van der Waals surface area contributed by atoms with Crippen molar-refractivity contribution in [3.05, 3.63) is 35.9 Å². The molecule has 0 bridgehead atoms. The average molecular weight is 249 g/mol. The molecule has 4 heteroatoms. The van der Waals surface area contributed by atoms with Crippen molar-refractivity contribution < 1.29 is 14.3 Å². The van der Waals surface area contributed by atoms with E-state index in [9.17, 15) is 9.59 Å². The molecule has 0 fully saturated rings. The topological polar surface area (TPSA) is 55.4 Å². The lowest BCUT2D eigenvalue weighted by Crippen LogP contribution is -2.34. The summed E-state index contributed by atoms with van der Waals surface area (Å²) in [6.07, 6.45) is 0.983. The van der Waals surface area contributed by atoms with Gasteiger partial charge in [0.1, 0.15) is 0 Å². The SMILES string of the molecule is CCC(CNC(=O)Cc1ccccc1)C(=O)OC. The van der Waals surface area contributed by atoms with E-state index >= 15 is 0 Å². The zero-order valence-corrected chi connectivity index (χ0v) is 10.8. The molecule has 0 heterocycles. The van der Waals surface area contributed by atoms with E-state index in [2.05, 4.69) is 10.1 Å². The van der Waals surface area contributed by atoms with Crippen LogP contribution in [0.4, 0.5) is 0 Å². The van der Waals surface area contributed by atoms with Crippen molar-refractivity contribution in [3.8, 4) is 0 Å². The first kappa shape index (κ1) is 14.2. The summed E-state index contributed by atoms with van der Waals surface area (Å²) in [4.78, 5) is 23.0. The Hall–Kier alpha value is -1.84. The van der Waals surface area contributed by atoms with E-state index in [-0.39, 0.29) is 17.8 Å². The van der Waals surface area contributed by atoms with Crippen molar-refractivity contribution in [1.29, 1.82) is 0 Å². The van der Waals surface area contributed by atoms with Crippen LogP contribution < -0.4 is 5.32 Å². The van der Waals surface area contributed by atoms with Crippen LogP contribution in [0, 0.1) is 5.92 Å². The minimum atomic E-state index is -0.280. The highest BCUT2D eigenvalue weighted by atomic mass is 16.5. The molecule has 4 nitrogen and oxygen atoms in total. The second-order valence-electron chi connectivity index (χ2n) is 4.09. The average Bonchev–Trinajstić information content (AvgIpc) is 2.40. The Morgan fingerprint density at radius 3 is 2.50 bits per heavy atom. The van der Waals surface area contributed by atoms with Gasteiger partial charge in [0, 0.05) is 6.54 Å². The summed E-state index contributed by atoms with van der Waals surface area (Å²) < 4.78 is 4.66. The second-order valence-corrected chi connectivity index (χ2v) is 4.09. The Kier molecular flexibility index (Phi) is 5.91. The molecule has 1 rings (SSSR count). The number of amides is 1. The highest BCUT2D eigenvalue weighted by Crippen LogP contribution is 2.04. The van der Waals surface area contributed by atoms with Gasteiger partial charge in [-0.3, -0.25) is 9.59 Å². The minimum Gasteiger partial charge on any atom is -0.469 e. The molecule has 0 aliphatic rings. The van der Waals surface area contributed by atoms with Crippen LogP contribution >= 0.6 is 0 Å². The van der Waals surface area contributed by atoms with Gasteiger partial charge in [-0.15, -0.1) is 0 Å².